The van der Waals surface area contributed by atoms with E-state index in [-0.39, 0.29) is 36.8 Å². The summed E-state index contributed by atoms with van der Waals surface area (Å²) in [5.41, 5.74) is 5.79. The normalized spacial score (nSPS) is 18.0. The highest BCUT2D eigenvalue weighted by Gasteiger charge is 2.25. The van der Waals surface area contributed by atoms with Gasteiger partial charge in [-0.1, -0.05) is 82.8 Å². The molecule has 1 aromatic heterocycles. The Bertz CT molecular complexity index is 2060. The van der Waals surface area contributed by atoms with Crippen LogP contribution in [-0.2, 0) is 25.7 Å². The van der Waals surface area contributed by atoms with Gasteiger partial charge in [0.2, 0.25) is 12.5 Å². The number of carboxylic acid groups (broad SMARTS) is 2. The first-order chi connectivity index (χ1) is 28.9. The molecule has 2 amide bonds. The summed E-state index contributed by atoms with van der Waals surface area (Å²) in [5.74, 6) is -3.66. The zero-order valence-electron chi connectivity index (χ0n) is 33.1. The fraction of sp³-hybridized carbons (Fsp3) is 0.318. The van der Waals surface area contributed by atoms with Crippen molar-refractivity contribution in [1.82, 2.24) is 10.6 Å². The molecular weight excluding hydrogens is 805 g/mol. The van der Waals surface area contributed by atoms with Crippen molar-refractivity contribution < 1.29 is 44.2 Å². The summed E-state index contributed by atoms with van der Waals surface area (Å²) in [4.78, 5) is 57.3. The number of carbonyl (C=O) groups is 4. The number of anilines is 2. The number of nitrogens with zero attached hydrogens (tertiary/aromatic N) is 4. The Morgan fingerprint density at radius 1 is 0.750 bits per heavy atom. The molecule has 3 aromatic rings. The number of aromatic nitrogens is 1. The first kappa shape index (κ1) is 45.4. The Morgan fingerprint density at radius 2 is 1.23 bits per heavy atom. The molecule has 316 valence electrons. The fourth-order valence-electron chi connectivity index (χ4n) is 6.31. The van der Waals surface area contributed by atoms with E-state index in [0.29, 0.717) is 13.1 Å². The van der Waals surface area contributed by atoms with Crippen molar-refractivity contribution in [3.05, 3.63) is 120 Å². The number of rotatable bonds is 21. The second-order valence-corrected chi connectivity index (χ2v) is 16.8. The first-order valence-electron chi connectivity index (χ1n) is 19.5. The van der Waals surface area contributed by atoms with E-state index in [4.69, 9.17) is 0 Å². The molecule has 2 aliphatic rings. The van der Waals surface area contributed by atoms with Crippen LogP contribution in [0.15, 0.2) is 108 Å². The smallest absolute Gasteiger partial charge is 0.327 e. The molecule has 2 fully saturated rings. The molecule has 2 aromatic carbocycles. The van der Waals surface area contributed by atoms with E-state index >= 15 is 0 Å². The van der Waals surface area contributed by atoms with Crippen LogP contribution in [0.5, 0.6) is 0 Å². The van der Waals surface area contributed by atoms with Gasteiger partial charge < -0.3 is 40.9 Å². The van der Waals surface area contributed by atoms with Crippen LogP contribution in [-0.4, -0.2) is 119 Å². The monoisotopic (exact) mass is 855 g/mol. The van der Waals surface area contributed by atoms with Gasteiger partial charge >= 0.3 is 11.9 Å². The van der Waals surface area contributed by atoms with Crippen LogP contribution in [0.2, 0.25) is 0 Å². The predicted molar refractivity (Wildman–Crippen MR) is 239 cm³/mol. The van der Waals surface area contributed by atoms with Crippen molar-refractivity contribution in [3.63, 3.8) is 0 Å². The third kappa shape index (κ3) is 14.9. The highest BCUT2D eigenvalue weighted by atomic mass is 33.1. The molecule has 14 nitrogen and oxygen atoms in total. The third-order valence-corrected chi connectivity index (χ3v) is 12.1. The van der Waals surface area contributed by atoms with Crippen molar-refractivity contribution in [1.29, 1.82) is 0 Å². The number of aliphatic hydroxyl groups excluding tert-OH is 2. The highest BCUT2D eigenvalue weighted by molar-refractivity contribution is 8.76. The minimum absolute atomic E-state index is 0.0347. The lowest BCUT2D eigenvalue weighted by Gasteiger charge is -2.17. The molecule has 0 spiro atoms. The summed E-state index contributed by atoms with van der Waals surface area (Å²) in [6.07, 6.45) is 16.9. The number of nitrogens with one attached hydrogen (secondary N) is 2. The summed E-state index contributed by atoms with van der Waals surface area (Å²) >= 11 is 0. The van der Waals surface area contributed by atoms with E-state index in [9.17, 15) is 39.6 Å². The van der Waals surface area contributed by atoms with Gasteiger partial charge in [0.1, 0.15) is 18.6 Å². The Balaban J connectivity index is 0.994. The maximum absolute atomic E-state index is 12.7. The van der Waals surface area contributed by atoms with E-state index in [1.807, 2.05) is 85.0 Å². The van der Waals surface area contributed by atoms with Gasteiger partial charge in [0.05, 0.1) is 12.2 Å². The number of hydrogen-bond acceptors (Lipinski definition) is 11. The van der Waals surface area contributed by atoms with E-state index in [1.165, 1.54) is 6.21 Å². The molecule has 2 aliphatic heterocycles. The minimum Gasteiger partial charge on any atom is -0.480 e. The van der Waals surface area contributed by atoms with E-state index < -0.39 is 35.8 Å². The maximum atomic E-state index is 12.7. The molecule has 0 saturated carbocycles. The molecule has 6 N–H and O–H groups in total. The number of carboxylic acids is 2. The van der Waals surface area contributed by atoms with Gasteiger partial charge in [-0.15, -0.1) is 0 Å². The molecule has 4 unspecified atom stereocenters. The summed E-state index contributed by atoms with van der Waals surface area (Å²) in [7, 11) is 2.14. The lowest BCUT2D eigenvalue weighted by atomic mass is 10.1. The average Bonchev–Trinajstić information content (AvgIpc) is 3.89. The summed E-state index contributed by atoms with van der Waals surface area (Å²) in [6.45, 7) is 6.35. The van der Waals surface area contributed by atoms with Gasteiger partial charge in [0, 0.05) is 67.4 Å². The van der Waals surface area contributed by atoms with Crippen molar-refractivity contribution in [2.75, 3.05) is 54.0 Å². The highest BCUT2D eigenvalue weighted by Crippen LogP contribution is 2.24. The quantitative estimate of drug-likeness (QED) is 0.0300. The third-order valence-electron chi connectivity index (χ3n) is 9.69. The molecule has 0 aliphatic carbocycles. The summed E-state index contributed by atoms with van der Waals surface area (Å²) in [6, 6.07) is 17.3. The topological polar surface area (TPSA) is 196 Å². The second-order valence-electron chi connectivity index (χ2n) is 14.3. The van der Waals surface area contributed by atoms with Crippen LogP contribution in [0.25, 0.3) is 18.2 Å². The molecule has 0 bridgehead atoms. The minimum atomic E-state index is -1.25. The molecule has 60 heavy (non-hydrogen) atoms. The van der Waals surface area contributed by atoms with Crippen LogP contribution in [0, 0.1) is 0 Å². The average molecular weight is 856 g/mol. The summed E-state index contributed by atoms with van der Waals surface area (Å²) < 4.78 is 1.63. The number of pyridine rings is 1. The van der Waals surface area contributed by atoms with Crippen molar-refractivity contribution >= 4 is 81.2 Å². The van der Waals surface area contributed by atoms with E-state index in [0.717, 1.165) is 81.2 Å². The zero-order chi connectivity index (χ0) is 42.9. The number of aliphatic carboxylic acids is 2. The number of hydrogen-bond donors (Lipinski definition) is 6. The Hall–Kier alpha value is -5.68. The number of aliphatic hydroxyl groups is 2. The molecular formula is C44H51N6O8S2+. The van der Waals surface area contributed by atoms with Crippen LogP contribution >= 0.6 is 21.6 Å². The zero-order valence-corrected chi connectivity index (χ0v) is 34.7. The van der Waals surface area contributed by atoms with Crippen molar-refractivity contribution in [3.8, 4) is 0 Å². The van der Waals surface area contributed by atoms with Gasteiger partial charge in [-0.3, -0.25) is 14.6 Å². The van der Waals surface area contributed by atoms with Gasteiger partial charge in [-0.05, 0) is 65.4 Å². The van der Waals surface area contributed by atoms with Crippen LogP contribution in [0.3, 0.4) is 0 Å². The standard InChI is InChI=1S/C44H50N6O8S2/c1-2-31(3-4-32-7-11-35(12-8-32)49-23-18-37(51)26-49)15-20-45-25-41(53)46-39(43(55)56)29-59-60-30-40(44(57)58)47-42(54)28-48-21-16-34(17-22-48)6-5-33-9-13-36(14-10-33)50-24-19-38(52)27-50/h2-17,20-22,37-40,51-52H,1,18-19,23-30H2,(H3-,46,47,53,54,55,56,57,58)/p+1/b4-3+,31-15+,45-20+. The van der Waals surface area contributed by atoms with E-state index in [1.54, 1.807) is 29.1 Å². The molecule has 2 saturated heterocycles. The predicted octanol–water partition coefficient (Wildman–Crippen LogP) is 3.70. The maximum Gasteiger partial charge on any atom is 0.327 e. The number of benzene rings is 2. The van der Waals surface area contributed by atoms with Crippen LogP contribution in [0.1, 0.15) is 29.5 Å². The second kappa shape index (κ2) is 23.2. The number of allylic oxidation sites excluding steroid dienone is 4. The Labute approximate surface area is 357 Å². The Kier molecular flexibility index (Phi) is 17.6. The fourth-order valence-corrected chi connectivity index (χ4v) is 8.62. The molecule has 4 atom stereocenters. The largest absolute Gasteiger partial charge is 0.480 e. The Morgan fingerprint density at radius 3 is 1.70 bits per heavy atom. The number of amides is 2. The van der Waals surface area contributed by atoms with Gasteiger partial charge in [-0.25, -0.2) is 9.59 Å². The molecule has 3 heterocycles. The summed E-state index contributed by atoms with van der Waals surface area (Å²) in [5, 5.41) is 43.9. The van der Waals surface area contributed by atoms with Gasteiger partial charge in [-0.2, -0.15) is 4.57 Å². The molecule has 0 radical (unpaired) electrons. The number of β-amino-alcohol motifs (C(OH)–C–C–N with tert-alkyl or cyclic N) is 2. The lowest BCUT2D eigenvalue weighted by molar-refractivity contribution is -0.684. The van der Waals surface area contributed by atoms with E-state index in [2.05, 4.69) is 32.0 Å². The molecule has 16 heteroatoms. The SMILES string of the molecule is C=CC(/C=C/c1ccc(N2CCC(O)C2)cc1)=C\C=N\CC(=O)NC(CSSCC(NC(=O)C[n+]1ccc(/C=C/c2ccc(N3CCC(O)C3)cc2)cc1)C(=O)O)C(=O)O. The van der Waals surface area contributed by atoms with Gasteiger partial charge in [0.15, 0.2) is 12.4 Å². The van der Waals surface area contributed by atoms with Crippen molar-refractivity contribution in [2.24, 2.45) is 4.99 Å². The van der Waals surface area contributed by atoms with Gasteiger partial charge in [0.25, 0.3) is 5.91 Å². The molecule has 5 rings (SSSR count). The number of carbonyl (C=O) groups excluding carboxylic acids is 2. The van der Waals surface area contributed by atoms with Crippen LogP contribution in [0.4, 0.5) is 11.4 Å². The number of aliphatic imine (C=N–C) groups is 1. The first-order valence-corrected chi connectivity index (χ1v) is 22.0. The lowest BCUT2D eigenvalue weighted by Crippen LogP contribution is -2.49. The van der Waals surface area contributed by atoms with Crippen molar-refractivity contribution in [2.45, 2.75) is 43.7 Å². The van der Waals surface area contributed by atoms with Crippen LogP contribution < -0.4 is 25.0 Å².